The van der Waals surface area contributed by atoms with Crippen LogP contribution in [0.4, 0.5) is 0 Å². The maximum Gasteiger partial charge on any atom is 0.138 e. The zero-order valence-electron chi connectivity index (χ0n) is 10.4. The lowest BCUT2D eigenvalue weighted by atomic mass is 10.4. The molecule has 0 fully saturated rings. The molecule has 0 amide bonds. The van der Waals surface area contributed by atoms with Crippen molar-refractivity contribution in [3.8, 4) is 0 Å². The number of aromatic nitrogens is 4. The first kappa shape index (κ1) is 12.1. The molecule has 0 aromatic carbocycles. The fourth-order valence-corrected chi connectivity index (χ4v) is 2.73. The first-order chi connectivity index (χ1) is 9.38. The summed E-state index contributed by atoms with van der Waals surface area (Å²) < 4.78 is 2.10. The summed E-state index contributed by atoms with van der Waals surface area (Å²) in [5.74, 6) is 0. The zero-order valence-corrected chi connectivity index (χ0v) is 11.3. The highest BCUT2D eigenvalue weighted by atomic mass is 32.2. The molecule has 0 atom stereocenters. The number of hydrogen-bond acceptors (Lipinski definition) is 5. The summed E-state index contributed by atoms with van der Waals surface area (Å²) in [5, 5.41) is 5.05. The van der Waals surface area contributed by atoms with Crippen LogP contribution < -0.4 is 5.32 Å². The predicted octanol–water partition coefficient (Wildman–Crippen LogP) is 1.99. The topological polar surface area (TPSA) is 55.1 Å². The third-order valence-corrected chi connectivity index (χ3v) is 3.66. The van der Waals surface area contributed by atoms with Gasteiger partial charge in [-0.25, -0.2) is 15.0 Å². The van der Waals surface area contributed by atoms with Gasteiger partial charge >= 0.3 is 0 Å². The van der Waals surface area contributed by atoms with Crippen LogP contribution in [0.2, 0.25) is 0 Å². The van der Waals surface area contributed by atoms with Gasteiger partial charge in [0.25, 0.3) is 0 Å². The quantitative estimate of drug-likeness (QED) is 0.735. The Bertz CT molecular complexity index is 680. The molecule has 0 bridgehead atoms. The second kappa shape index (κ2) is 5.38. The fourth-order valence-electron chi connectivity index (χ4n) is 1.87. The maximum absolute atomic E-state index is 4.65. The first-order valence-electron chi connectivity index (χ1n) is 5.93. The summed E-state index contributed by atoms with van der Waals surface area (Å²) in [5.41, 5.74) is 2.09. The van der Waals surface area contributed by atoms with Crippen LogP contribution in [0.5, 0.6) is 0 Å². The van der Waals surface area contributed by atoms with E-state index < -0.39 is 0 Å². The third-order valence-electron chi connectivity index (χ3n) is 2.69. The lowest BCUT2D eigenvalue weighted by Crippen LogP contribution is -2.08. The van der Waals surface area contributed by atoms with E-state index in [1.165, 1.54) is 0 Å². The number of nitrogens with zero attached hydrogens (tertiary/aromatic N) is 4. The fraction of sp³-hybridized carbons (Fsp3) is 0.154. The van der Waals surface area contributed by atoms with Gasteiger partial charge in [-0.2, -0.15) is 0 Å². The normalized spacial score (nSPS) is 11.0. The molecule has 3 rings (SSSR count). The molecule has 3 aromatic heterocycles. The molecule has 0 aliphatic carbocycles. The Morgan fingerprint density at radius 3 is 3.05 bits per heavy atom. The van der Waals surface area contributed by atoms with E-state index in [2.05, 4.69) is 24.7 Å². The number of fused-ring (bicyclic) bond motifs is 1. The number of hydrogen-bond donors (Lipinski definition) is 1. The number of pyridine rings is 1. The van der Waals surface area contributed by atoms with Crippen LogP contribution in [0.3, 0.4) is 0 Å². The van der Waals surface area contributed by atoms with E-state index in [-0.39, 0.29) is 0 Å². The third kappa shape index (κ3) is 2.45. The van der Waals surface area contributed by atoms with E-state index in [1.807, 2.05) is 37.5 Å². The molecule has 6 heteroatoms. The minimum Gasteiger partial charge on any atom is -0.314 e. The van der Waals surface area contributed by atoms with Crippen LogP contribution in [-0.2, 0) is 6.54 Å². The van der Waals surface area contributed by atoms with Crippen molar-refractivity contribution in [3.05, 3.63) is 48.7 Å². The van der Waals surface area contributed by atoms with Crippen LogP contribution in [0.15, 0.2) is 53.0 Å². The second-order valence-electron chi connectivity index (χ2n) is 3.97. The van der Waals surface area contributed by atoms with E-state index in [0.717, 1.165) is 27.9 Å². The SMILES string of the molecule is CNCc1c(Sc2ccncn2)nc2ccccn12. The number of rotatable bonds is 4. The van der Waals surface area contributed by atoms with E-state index in [0.29, 0.717) is 0 Å². The van der Waals surface area contributed by atoms with Crippen LogP contribution in [-0.4, -0.2) is 26.4 Å². The largest absolute Gasteiger partial charge is 0.314 e. The highest BCUT2D eigenvalue weighted by Crippen LogP contribution is 2.28. The summed E-state index contributed by atoms with van der Waals surface area (Å²) >= 11 is 1.56. The predicted molar refractivity (Wildman–Crippen MR) is 74.1 cm³/mol. The van der Waals surface area contributed by atoms with Crippen molar-refractivity contribution in [1.82, 2.24) is 24.7 Å². The lowest BCUT2D eigenvalue weighted by Gasteiger charge is -2.03. The van der Waals surface area contributed by atoms with E-state index in [4.69, 9.17) is 0 Å². The Kier molecular flexibility index (Phi) is 3.43. The molecule has 0 spiro atoms. The van der Waals surface area contributed by atoms with E-state index >= 15 is 0 Å². The van der Waals surface area contributed by atoms with Gasteiger partial charge < -0.3 is 9.72 Å². The van der Waals surface area contributed by atoms with Crippen LogP contribution in [0, 0.1) is 0 Å². The molecule has 96 valence electrons. The summed E-state index contributed by atoms with van der Waals surface area (Å²) in [4.78, 5) is 12.8. The van der Waals surface area contributed by atoms with Crippen molar-refractivity contribution in [3.63, 3.8) is 0 Å². The van der Waals surface area contributed by atoms with Gasteiger partial charge in [0.2, 0.25) is 0 Å². The molecule has 3 aromatic rings. The molecule has 5 nitrogen and oxygen atoms in total. The Morgan fingerprint density at radius 2 is 2.26 bits per heavy atom. The lowest BCUT2D eigenvalue weighted by molar-refractivity contribution is 0.763. The molecule has 0 aliphatic rings. The Balaban J connectivity index is 2.04. The van der Waals surface area contributed by atoms with Crippen molar-refractivity contribution in [1.29, 1.82) is 0 Å². The van der Waals surface area contributed by atoms with Gasteiger partial charge in [0.05, 0.1) is 5.69 Å². The van der Waals surface area contributed by atoms with Crippen molar-refractivity contribution < 1.29 is 0 Å². The number of nitrogens with one attached hydrogen (secondary N) is 1. The van der Waals surface area contributed by atoms with Gasteiger partial charge in [0.1, 0.15) is 22.0 Å². The monoisotopic (exact) mass is 271 g/mol. The molecule has 0 saturated carbocycles. The molecule has 0 unspecified atom stereocenters. The van der Waals surface area contributed by atoms with Crippen LogP contribution >= 0.6 is 11.8 Å². The molecule has 0 aliphatic heterocycles. The minimum atomic E-state index is 0.762. The standard InChI is InChI=1S/C13H13N5S/c1-14-8-10-13(19-12-5-6-15-9-16-12)17-11-4-2-3-7-18(10)11/h2-7,9,14H,8H2,1H3. The van der Waals surface area contributed by atoms with E-state index in [9.17, 15) is 0 Å². The molecular weight excluding hydrogens is 258 g/mol. The zero-order chi connectivity index (χ0) is 13.1. The number of imidazole rings is 1. The summed E-state index contributed by atoms with van der Waals surface area (Å²) in [7, 11) is 1.93. The minimum absolute atomic E-state index is 0.762. The van der Waals surface area contributed by atoms with Crippen molar-refractivity contribution in [2.45, 2.75) is 16.6 Å². The van der Waals surface area contributed by atoms with Crippen molar-refractivity contribution >= 4 is 17.4 Å². The first-order valence-corrected chi connectivity index (χ1v) is 6.74. The summed E-state index contributed by atoms with van der Waals surface area (Å²) in [6, 6.07) is 7.89. The highest BCUT2D eigenvalue weighted by molar-refractivity contribution is 7.99. The molecule has 3 heterocycles. The van der Waals surface area contributed by atoms with Gasteiger partial charge in [-0.15, -0.1) is 0 Å². The molecule has 0 saturated heterocycles. The van der Waals surface area contributed by atoms with Gasteiger partial charge in [-0.05, 0) is 37.0 Å². The van der Waals surface area contributed by atoms with Crippen molar-refractivity contribution in [2.75, 3.05) is 7.05 Å². The average molecular weight is 271 g/mol. The Labute approximate surface area is 115 Å². The molecule has 0 radical (unpaired) electrons. The Morgan fingerprint density at radius 1 is 1.32 bits per heavy atom. The second-order valence-corrected chi connectivity index (χ2v) is 4.98. The maximum atomic E-state index is 4.65. The van der Waals surface area contributed by atoms with Gasteiger partial charge in [-0.3, -0.25) is 0 Å². The van der Waals surface area contributed by atoms with E-state index in [1.54, 1.807) is 24.3 Å². The van der Waals surface area contributed by atoms with Gasteiger partial charge in [0.15, 0.2) is 0 Å². The van der Waals surface area contributed by atoms with Crippen LogP contribution in [0.1, 0.15) is 5.69 Å². The van der Waals surface area contributed by atoms with Crippen LogP contribution in [0.25, 0.3) is 5.65 Å². The summed E-state index contributed by atoms with van der Waals surface area (Å²) in [6.07, 6.45) is 5.32. The van der Waals surface area contributed by atoms with Gasteiger partial charge in [0, 0.05) is 18.9 Å². The smallest absolute Gasteiger partial charge is 0.138 e. The highest BCUT2D eigenvalue weighted by Gasteiger charge is 2.12. The molecule has 19 heavy (non-hydrogen) atoms. The van der Waals surface area contributed by atoms with Crippen molar-refractivity contribution in [2.24, 2.45) is 0 Å². The van der Waals surface area contributed by atoms with Gasteiger partial charge in [-0.1, -0.05) is 6.07 Å². The Hall–Kier alpha value is -1.92. The average Bonchev–Trinajstić information content (AvgIpc) is 2.79. The molecule has 1 N–H and O–H groups in total. The summed E-state index contributed by atoms with van der Waals surface area (Å²) in [6.45, 7) is 0.762. The molecular formula is C13H13N5S.